The van der Waals surface area contributed by atoms with Crippen LogP contribution in [0.1, 0.15) is 18.4 Å². The molecule has 1 fully saturated rings. The number of hydrogen-bond acceptors (Lipinski definition) is 3. The van der Waals surface area contributed by atoms with Crippen molar-refractivity contribution >= 4 is 11.6 Å². The van der Waals surface area contributed by atoms with Gasteiger partial charge >= 0.3 is 0 Å². The van der Waals surface area contributed by atoms with Crippen molar-refractivity contribution in [3.63, 3.8) is 0 Å². The van der Waals surface area contributed by atoms with Gasteiger partial charge in [0.15, 0.2) is 0 Å². The van der Waals surface area contributed by atoms with Gasteiger partial charge in [-0.25, -0.2) is 0 Å². The van der Waals surface area contributed by atoms with Crippen LogP contribution in [0.3, 0.4) is 0 Å². The molecule has 0 radical (unpaired) electrons. The number of halogens is 1. The first-order chi connectivity index (χ1) is 9.24. The molecular formula is C15H21ClN2O. The van der Waals surface area contributed by atoms with E-state index in [2.05, 4.69) is 4.90 Å². The quantitative estimate of drug-likeness (QED) is 0.923. The molecule has 2 heterocycles. The second kappa shape index (κ2) is 5.70. The van der Waals surface area contributed by atoms with Crippen LogP contribution < -0.4 is 10.5 Å². The van der Waals surface area contributed by atoms with Gasteiger partial charge in [0.25, 0.3) is 0 Å². The van der Waals surface area contributed by atoms with Crippen LogP contribution in [-0.4, -0.2) is 37.2 Å². The fraction of sp³-hybridized carbons (Fsp3) is 0.600. The normalized spacial score (nSPS) is 27.1. The largest absolute Gasteiger partial charge is 0.488 e. The fourth-order valence-corrected chi connectivity index (χ4v) is 3.38. The summed E-state index contributed by atoms with van der Waals surface area (Å²) in [4.78, 5) is 2.50. The van der Waals surface area contributed by atoms with Crippen molar-refractivity contribution in [3.05, 3.63) is 28.8 Å². The van der Waals surface area contributed by atoms with Gasteiger partial charge < -0.3 is 10.5 Å². The first-order valence-electron chi connectivity index (χ1n) is 7.12. The summed E-state index contributed by atoms with van der Waals surface area (Å²) in [5.41, 5.74) is 7.03. The number of ether oxygens (including phenoxy) is 1. The summed E-state index contributed by atoms with van der Waals surface area (Å²) in [5.74, 6) is 1.66. The second-order valence-electron chi connectivity index (χ2n) is 5.70. The van der Waals surface area contributed by atoms with Crippen LogP contribution in [0.5, 0.6) is 5.75 Å². The maximum absolute atomic E-state index is 6.02. The van der Waals surface area contributed by atoms with Crippen LogP contribution in [0, 0.1) is 5.92 Å². The summed E-state index contributed by atoms with van der Waals surface area (Å²) in [7, 11) is 0. The number of benzene rings is 1. The van der Waals surface area contributed by atoms with E-state index in [4.69, 9.17) is 22.1 Å². The van der Waals surface area contributed by atoms with E-state index in [1.54, 1.807) is 0 Å². The lowest BCUT2D eigenvalue weighted by atomic mass is 9.98. The molecule has 0 amide bonds. The Morgan fingerprint density at radius 2 is 2.32 bits per heavy atom. The maximum atomic E-state index is 6.02. The molecule has 104 valence electrons. The molecule has 2 unspecified atom stereocenters. The minimum absolute atomic E-state index is 0.269. The highest BCUT2D eigenvalue weighted by atomic mass is 35.5. The Morgan fingerprint density at radius 3 is 3.16 bits per heavy atom. The molecule has 0 aliphatic carbocycles. The summed E-state index contributed by atoms with van der Waals surface area (Å²) in [6, 6.07) is 5.90. The Balaban J connectivity index is 1.58. The summed E-state index contributed by atoms with van der Waals surface area (Å²) in [6.07, 6.45) is 3.77. The molecule has 0 bridgehead atoms. The number of likely N-dealkylation sites (tertiary alicyclic amines) is 1. The lowest BCUT2D eigenvalue weighted by Gasteiger charge is -2.33. The van der Waals surface area contributed by atoms with Crippen molar-refractivity contribution in [1.82, 2.24) is 4.90 Å². The predicted molar refractivity (Wildman–Crippen MR) is 77.8 cm³/mol. The number of nitrogens with zero attached hydrogens (tertiary/aromatic N) is 1. The van der Waals surface area contributed by atoms with Crippen LogP contribution >= 0.6 is 11.6 Å². The van der Waals surface area contributed by atoms with Crippen molar-refractivity contribution in [3.8, 4) is 5.75 Å². The molecule has 2 N–H and O–H groups in total. The number of nitrogens with two attached hydrogens (primary N) is 1. The number of fused-ring (bicyclic) bond motifs is 1. The van der Waals surface area contributed by atoms with Gasteiger partial charge in [-0.15, -0.1) is 0 Å². The van der Waals surface area contributed by atoms with Crippen LogP contribution in [0.15, 0.2) is 18.2 Å². The predicted octanol–water partition coefficient (Wildman–Crippen LogP) is 2.31. The summed E-state index contributed by atoms with van der Waals surface area (Å²) in [5, 5.41) is 0.796. The smallest absolute Gasteiger partial charge is 0.123 e. The molecule has 2 aliphatic heterocycles. The summed E-state index contributed by atoms with van der Waals surface area (Å²) >= 11 is 6.02. The lowest BCUT2D eigenvalue weighted by Crippen LogP contribution is -2.43. The standard InChI is InChI=1S/C15H21ClN2O/c16-13-3-4-15-12(6-13)7-14(19-15)10-18-5-1-2-11(8-17)9-18/h3-4,6,11,14H,1-2,5,7-10,17H2. The Hall–Kier alpha value is -0.770. The maximum Gasteiger partial charge on any atom is 0.123 e. The van der Waals surface area contributed by atoms with E-state index in [9.17, 15) is 0 Å². The minimum Gasteiger partial charge on any atom is -0.488 e. The molecule has 1 aromatic carbocycles. The Bertz CT molecular complexity index is 452. The minimum atomic E-state index is 0.269. The van der Waals surface area contributed by atoms with Gasteiger partial charge in [0.2, 0.25) is 0 Å². The fourth-order valence-electron chi connectivity index (χ4n) is 3.19. The SMILES string of the molecule is NCC1CCCN(CC2Cc3cc(Cl)ccc3O2)C1. The Kier molecular flexibility index (Phi) is 3.96. The average molecular weight is 281 g/mol. The van der Waals surface area contributed by atoms with Crippen LogP contribution in [0.4, 0.5) is 0 Å². The van der Waals surface area contributed by atoms with Gasteiger partial charge in [0.05, 0.1) is 0 Å². The Morgan fingerprint density at radius 1 is 1.42 bits per heavy atom. The molecular weight excluding hydrogens is 260 g/mol. The van der Waals surface area contributed by atoms with E-state index < -0.39 is 0 Å². The first-order valence-corrected chi connectivity index (χ1v) is 7.50. The zero-order valence-electron chi connectivity index (χ0n) is 11.1. The molecule has 0 saturated carbocycles. The van der Waals surface area contributed by atoms with E-state index >= 15 is 0 Å². The van der Waals surface area contributed by atoms with Gasteiger partial charge in [-0.3, -0.25) is 4.90 Å². The van der Waals surface area contributed by atoms with Gasteiger partial charge in [-0.2, -0.15) is 0 Å². The summed E-state index contributed by atoms with van der Waals surface area (Å²) < 4.78 is 6.00. The molecule has 4 heteroatoms. The average Bonchev–Trinajstić information content (AvgIpc) is 2.80. The monoisotopic (exact) mass is 280 g/mol. The van der Waals surface area contributed by atoms with E-state index in [0.29, 0.717) is 5.92 Å². The van der Waals surface area contributed by atoms with Crippen LogP contribution in [0.25, 0.3) is 0 Å². The summed E-state index contributed by atoms with van der Waals surface area (Å²) in [6.45, 7) is 4.10. The zero-order valence-corrected chi connectivity index (χ0v) is 11.9. The van der Waals surface area contributed by atoms with Crippen molar-refractivity contribution < 1.29 is 4.74 Å². The molecule has 19 heavy (non-hydrogen) atoms. The number of rotatable bonds is 3. The van der Waals surface area contributed by atoms with Crippen LogP contribution in [-0.2, 0) is 6.42 Å². The van der Waals surface area contributed by atoms with E-state index in [-0.39, 0.29) is 6.10 Å². The third-order valence-electron chi connectivity index (χ3n) is 4.16. The molecule has 2 atom stereocenters. The topological polar surface area (TPSA) is 38.5 Å². The van der Waals surface area contributed by atoms with Crippen molar-refractivity contribution in [2.45, 2.75) is 25.4 Å². The zero-order chi connectivity index (χ0) is 13.2. The van der Waals surface area contributed by atoms with Gasteiger partial charge in [0.1, 0.15) is 11.9 Å². The molecule has 1 saturated heterocycles. The highest BCUT2D eigenvalue weighted by Crippen LogP contribution is 2.31. The molecule has 2 aliphatic rings. The number of piperidine rings is 1. The second-order valence-corrected chi connectivity index (χ2v) is 6.14. The third kappa shape index (κ3) is 3.04. The van der Waals surface area contributed by atoms with Crippen molar-refractivity contribution in [2.24, 2.45) is 11.7 Å². The third-order valence-corrected chi connectivity index (χ3v) is 4.40. The molecule has 0 aromatic heterocycles. The molecule has 3 nitrogen and oxygen atoms in total. The first kappa shape index (κ1) is 13.2. The van der Waals surface area contributed by atoms with E-state index in [0.717, 1.165) is 36.8 Å². The van der Waals surface area contributed by atoms with Crippen LogP contribution in [0.2, 0.25) is 5.02 Å². The number of hydrogen-bond donors (Lipinski definition) is 1. The molecule has 1 aromatic rings. The lowest BCUT2D eigenvalue weighted by molar-refractivity contribution is 0.112. The Labute approximate surface area is 119 Å². The molecule has 0 spiro atoms. The van der Waals surface area contributed by atoms with Gasteiger partial charge in [-0.05, 0) is 55.6 Å². The van der Waals surface area contributed by atoms with Gasteiger partial charge in [0, 0.05) is 24.5 Å². The highest BCUT2D eigenvalue weighted by Gasteiger charge is 2.27. The highest BCUT2D eigenvalue weighted by molar-refractivity contribution is 6.30. The van der Waals surface area contributed by atoms with E-state index in [1.165, 1.54) is 24.9 Å². The van der Waals surface area contributed by atoms with E-state index in [1.807, 2.05) is 18.2 Å². The van der Waals surface area contributed by atoms with Crippen molar-refractivity contribution in [2.75, 3.05) is 26.2 Å². The van der Waals surface area contributed by atoms with Gasteiger partial charge in [-0.1, -0.05) is 11.6 Å². The molecule has 3 rings (SSSR count). The van der Waals surface area contributed by atoms with Crippen molar-refractivity contribution in [1.29, 1.82) is 0 Å².